The number of benzene rings is 1. The van der Waals surface area contributed by atoms with Crippen molar-refractivity contribution in [1.82, 2.24) is 9.55 Å². The number of hydrogen-bond donors (Lipinski definition) is 2. The van der Waals surface area contributed by atoms with Gasteiger partial charge >= 0.3 is 5.97 Å². The number of aromatic nitrogens is 2. The number of hydrogen-bond acceptors (Lipinski definition) is 3. The number of nitrogens with zero attached hydrogens (tertiary/aromatic N) is 2. The van der Waals surface area contributed by atoms with Gasteiger partial charge in [-0.3, -0.25) is 0 Å². The monoisotopic (exact) mass is 263 g/mol. The van der Waals surface area contributed by atoms with Crippen molar-refractivity contribution in [2.45, 2.75) is 19.5 Å². The molecule has 0 aliphatic heterocycles. The number of rotatable bonds is 5. The molecule has 1 atom stereocenters. The number of carboxylic acids is 1. The summed E-state index contributed by atoms with van der Waals surface area (Å²) in [5.41, 5.74) is 0.940. The summed E-state index contributed by atoms with van der Waals surface area (Å²) in [4.78, 5) is 15.3. The van der Waals surface area contributed by atoms with Gasteiger partial charge in [0, 0.05) is 12.2 Å². The first-order chi connectivity index (χ1) is 9.11. The normalized spacial score (nSPS) is 12.1. The Kier molecular flexibility index (Phi) is 3.79. The molecule has 0 spiro atoms. The third-order valence-corrected chi connectivity index (χ3v) is 2.76. The van der Waals surface area contributed by atoms with E-state index in [-0.39, 0.29) is 0 Å². The lowest BCUT2D eigenvalue weighted by Gasteiger charge is -2.17. The molecule has 0 saturated heterocycles. The summed E-state index contributed by atoms with van der Waals surface area (Å²) in [6.07, 6.45) is 3.06. The lowest BCUT2D eigenvalue weighted by molar-refractivity contribution is -0.138. The molecule has 2 aromatic rings. The molecule has 0 amide bonds. The average Bonchev–Trinajstić information content (AvgIpc) is 2.83. The van der Waals surface area contributed by atoms with Crippen molar-refractivity contribution < 1.29 is 14.3 Å². The zero-order valence-electron chi connectivity index (χ0n) is 10.4. The third-order valence-electron chi connectivity index (χ3n) is 2.76. The van der Waals surface area contributed by atoms with E-state index in [1.807, 2.05) is 6.92 Å². The number of nitrogens with one attached hydrogen (secondary N) is 1. The van der Waals surface area contributed by atoms with Crippen LogP contribution < -0.4 is 5.32 Å². The first-order valence-electron chi connectivity index (χ1n) is 5.86. The molecule has 0 saturated carbocycles. The molecule has 0 fully saturated rings. The Labute approximate surface area is 109 Å². The lowest BCUT2D eigenvalue weighted by Crippen LogP contribution is -2.23. The highest BCUT2D eigenvalue weighted by Crippen LogP contribution is 2.20. The van der Waals surface area contributed by atoms with Gasteiger partial charge in [0.2, 0.25) is 0 Å². The van der Waals surface area contributed by atoms with E-state index in [1.54, 1.807) is 17.0 Å². The van der Waals surface area contributed by atoms with Gasteiger partial charge in [-0.25, -0.2) is 14.2 Å². The first-order valence-corrected chi connectivity index (χ1v) is 5.86. The molecule has 100 valence electrons. The number of carboxylic acid groups (broad SMARTS) is 1. The molecule has 1 heterocycles. The number of halogens is 1. The van der Waals surface area contributed by atoms with Crippen LogP contribution in [0.5, 0.6) is 0 Å². The van der Waals surface area contributed by atoms with Gasteiger partial charge in [-0.05, 0) is 25.1 Å². The second-order valence-corrected chi connectivity index (χ2v) is 4.03. The van der Waals surface area contributed by atoms with Crippen LogP contribution in [-0.4, -0.2) is 20.6 Å². The minimum absolute atomic E-state index is 0.413. The quantitative estimate of drug-likeness (QED) is 0.868. The van der Waals surface area contributed by atoms with Crippen molar-refractivity contribution in [2.75, 3.05) is 5.32 Å². The predicted molar refractivity (Wildman–Crippen MR) is 68.3 cm³/mol. The molecule has 5 nitrogen and oxygen atoms in total. The molecule has 2 N–H and O–H groups in total. The van der Waals surface area contributed by atoms with Crippen molar-refractivity contribution in [3.05, 3.63) is 48.3 Å². The van der Waals surface area contributed by atoms with Gasteiger partial charge in [0.25, 0.3) is 0 Å². The maximum absolute atomic E-state index is 13.1. The van der Waals surface area contributed by atoms with Crippen LogP contribution in [0.4, 0.5) is 10.1 Å². The van der Waals surface area contributed by atoms with Crippen molar-refractivity contribution >= 4 is 11.7 Å². The number of aliphatic carboxylic acids is 1. The van der Waals surface area contributed by atoms with Gasteiger partial charge in [0.05, 0.1) is 18.2 Å². The molecule has 19 heavy (non-hydrogen) atoms. The molecule has 1 aromatic heterocycles. The molecule has 1 aromatic carbocycles. The molecule has 6 heteroatoms. The third kappa shape index (κ3) is 2.90. The lowest BCUT2D eigenvalue weighted by atomic mass is 10.2. The molecule has 0 aliphatic rings. The maximum atomic E-state index is 13.1. The van der Waals surface area contributed by atoms with Crippen LogP contribution in [0.2, 0.25) is 0 Å². The highest BCUT2D eigenvalue weighted by molar-refractivity contribution is 5.78. The summed E-state index contributed by atoms with van der Waals surface area (Å²) in [6.45, 7) is 2.51. The Balaban J connectivity index is 2.29. The summed E-state index contributed by atoms with van der Waals surface area (Å²) < 4.78 is 14.8. The summed E-state index contributed by atoms with van der Waals surface area (Å²) in [6, 6.07) is 4.73. The van der Waals surface area contributed by atoms with E-state index < -0.39 is 17.8 Å². The van der Waals surface area contributed by atoms with Crippen LogP contribution in [0.3, 0.4) is 0 Å². The van der Waals surface area contributed by atoms with Crippen molar-refractivity contribution in [2.24, 2.45) is 0 Å². The smallest absolute Gasteiger partial charge is 0.332 e. The van der Waals surface area contributed by atoms with Gasteiger partial charge in [-0.1, -0.05) is 6.07 Å². The first kappa shape index (κ1) is 13.1. The molecular weight excluding hydrogens is 249 g/mol. The zero-order valence-corrected chi connectivity index (χ0v) is 10.4. The standard InChI is InChI=1S/C13H14FN3O2/c1-2-17-8-15-7-11(17)12(13(18)19)16-10-5-3-4-9(14)6-10/h3-8,12,16H,2H2,1H3,(H,18,19). The highest BCUT2D eigenvalue weighted by atomic mass is 19.1. The maximum Gasteiger partial charge on any atom is 0.332 e. The van der Waals surface area contributed by atoms with Crippen LogP contribution in [0.25, 0.3) is 0 Å². The second kappa shape index (κ2) is 5.51. The van der Waals surface area contributed by atoms with Crippen molar-refractivity contribution in [1.29, 1.82) is 0 Å². The summed E-state index contributed by atoms with van der Waals surface area (Å²) >= 11 is 0. The van der Waals surface area contributed by atoms with E-state index >= 15 is 0 Å². The Morgan fingerprint density at radius 2 is 2.37 bits per heavy atom. The fourth-order valence-electron chi connectivity index (χ4n) is 1.84. The number of imidazole rings is 1. The minimum atomic E-state index is -1.04. The van der Waals surface area contributed by atoms with Crippen LogP contribution in [0.15, 0.2) is 36.8 Å². The van der Waals surface area contributed by atoms with Gasteiger partial charge in [-0.2, -0.15) is 0 Å². The number of aryl methyl sites for hydroxylation is 1. The minimum Gasteiger partial charge on any atom is -0.479 e. The van der Waals surface area contributed by atoms with Crippen molar-refractivity contribution in [3.63, 3.8) is 0 Å². The molecule has 1 unspecified atom stereocenters. The van der Waals surface area contributed by atoms with Crippen LogP contribution in [0.1, 0.15) is 18.7 Å². The topological polar surface area (TPSA) is 67.2 Å². The van der Waals surface area contributed by atoms with E-state index in [0.29, 0.717) is 17.9 Å². The summed E-state index contributed by atoms with van der Waals surface area (Å²) in [5, 5.41) is 12.1. The van der Waals surface area contributed by atoms with E-state index in [4.69, 9.17) is 0 Å². The molecular formula is C13H14FN3O2. The molecule has 0 radical (unpaired) electrons. The van der Waals surface area contributed by atoms with Crippen LogP contribution in [0, 0.1) is 5.82 Å². The van der Waals surface area contributed by atoms with Crippen LogP contribution in [-0.2, 0) is 11.3 Å². The molecule has 0 bridgehead atoms. The van der Waals surface area contributed by atoms with Gasteiger partial charge in [0.1, 0.15) is 5.82 Å². The zero-order chi connectivity index (χ0) is 13.8. The van der Waals surface area contributed by atoms with Crippen LogP contribution >= 0.6 is 0 Å². The number of carbonyl (C=O) groups is 1. The van der Waals surface area contributed by atoms with Gasteiger partial charge in [0.15, 0.2) is 6.04 Å². The fraction of sp³-hybridized carbons (Fsp3) is 0.231. The van der Waals surface area contributed by atoms with E-state index in [1.165, 1.54) is 24.4 Å². The highest BCUT2D eigenvalue weighted by Gasteiger charge is 2.23. The molecule has 2 rings (SSSR count). The van der Waals surface area contributed by atoms with E-state index in [0.717, 1.165) is 0 Å². The summed E-state index contributed by atoms with van der Waals surface area (Å²) in [7, 11) is 0. The average molecular weight is 263 g/mol. The second-order valence-electron chi connectivity index (χ2n) is 4.03. The Morgan fingerprint density at radius 1 is 1.58 bits per heavy atom. The largest absolute Gasteiger partial charge is 0.479 e. The van der Waals surface area contributed by atoms with Crippen molar-refractivity contribution in [3.8, 4) is 0 Å². The Morgan fingerprint density at radius 3 is 3.00 bits per heavy atom. The predicted octanol–water partition coefficient (Wildman–Crippen LogP) is 2.28. The van der Waals surface area contributed by atoms with Gasteiger partial charge < -0.3 is 15.0 Å². The van der Waals surface area contributed by atoms with Gasteiger partial charge in [-0.15, -0.1) is 0 Å². The SMILES string of the molecule is CCn1cncc1C(Nc1cccc(F)c1)C(=O)O. The Hall–Kier alpha value is -2.37. The fourth-order valence-corrected chi connectivity index (χ4v) is 1.84. The van der Waals surface area contributed by atoms with E-state index in [9.17, 15) is 14.3 Å². The van der Waals surface area contributed by atoms with E-state index in [2.05, 4.69) is 10.3 Å². The summed E-state index contributed by atoms with van der Waals surface area (Å²) in [5.74, 6) is -1.46. The molecule has 0 aliphatic carbocycles. The Bertz CT molecular complexity index is 583. The number of anilines is 1.